The number of ether oxygens (including phenoxy) is 1. The Morgan fingerprint density at radius 3 is 1.75 bits per heavy atom. The van der Waals surface area contributed by atoms with Crippen molar-refractivity contribution < 1.29 is 24.9 Å². The molecule has 0 aromatic rings. The highest BCUT2D eigenvalue weighted by Crippen LogP contribution is 2.56. The summed E-state index contributed by atoms with van der Waals surface area (Å²) in [7, 11) is 0. The molecular formula is C45H99N5O5. The molecule has 334 valence electrons. The van der Waals surface area contributed by atoms with Crippen LogP contribution in [0.3, 0.4) is 0 Å². The second kappa shape index (κ2) is 37.3. The Morgan fingerprint density at radius 2 is 1.29 bits per heavy atom. The molecule has 0 bridgehead atoms. The van der Waals surface area contributed by atoms with Gasteiger partial charge in [-0.3, -0.25) is 0 Å². The molecule has 0 aliphatic heterocycles. The summed E-state index contributed by atoms with van der Waals surface area (Å²) in [6, 6.07) is 0. The Labute approximate surface area is 342 Å². The molecule has 4 unspecified atom stereocenters. The van der Waals surface area contributed by atoms with Crippen LogP contribution in [0.15, 0.2) is 0 Å². The minimum absolute atomic E-state index is 0.219. The third-order valence-electron chi connectivity index (χ3n) is 11.5. The molecule has 0 radical (unpaired) electrons. The monoisotopic (exact) mass is 790 g/mol. The zero-order valence-corrected chi connectivity index (χ0v) is 38.3. The van der Waals surface area contributed by atoms with E-state index in [9.17, 15) is 4.79 Å². The van der Waals surface area contributed by atoms with Gasteiger partial charge in [-0.2, -0.15) is 0 Å². The number of alkyl carbamates (subject to hydrolysis) is 1. The van der Waals surface area contributed by atoms with Crippen LogP contribution in [0.1, 0.15) is 185 Å². The van der Waals surface area contributed by atoms with Gasteiger partial charge in [0.15, 0.2) is 0 Å². The zero-order chi connectivity index (χ0) is 42.6. The standard InChI is InChI=1S/C34H66N2O2.3C3H9NO.C2H6/c1-9-22-34(8)29(17-11-13-24-35-25-14-15-26-36-31(37)38-32(3,4)5)20-21-30(34)27(2)18-19-28-16-10-12-23-33(28,6)7;3*4-2-1-3-5;1-2/h27-30,35H,9-26H2,1-8H3,(H,36,37);3*5H,1-4H2;1-2H3/t27?,28?,29?,30?,34-;;;;/m1..../s1. The maximum atomic E-state index is 11.7. The molecule has 55 heavy (non-hydrogen) atoms. The molecule has 10 nitrogen and oxygen atoms in total. The molecule has 2 fully saturated rings. The molecule has 0 saturated heterocycles. The third-order valence-corrected chi connectivity index (χ3v) is 11.5. The first-order valence-electron chi connectivity index (χ1n) is 22.7. The van der Waals surface area contributed by atoms with Crippen LogP contribution < -0.4 is 27.8 Å². The van der Waals surface area contributed by atoms with Gasteiger partial charge in [0, 0.05) is 26.4 Å². The van der Waals surface area contributed by atoms with Gasteiger partial charge >= 0.3 is 6.09 Å². The summed E-state index contributed by atoms with van der Waals surface area (Å²) in [5, 5.41) is 30.4. The summed E-state index contributed by atoms with van der Waals surface area (Å²) in [4.78, 5) is 11.7. The van der Waals surface area contributed by atoms with Crippen LogP contribution in [-0.4, -0.2) is 86.1 Å². The lowest BCUT2D eigenvalue weighted by Gasteiger charge is -2.42. The van der Waals surface area contributed by atoms with Crippen LogP contribution in [0.5, 0.6) is 0 Å². The van der Waals surface area contributed by atoms with Crippen molar-refractivity contribution in [3.8, 4) is 0 Å². The fourth-order valence-corrected chi connectivity index (χ4v) is 8.37. The van der Waals surface area contributed by atoms with Gasteiger partial charge in [0.1, 0.15) is 5.60 Å². The van der Waals surface area contributed by atoms with Gasteiger partial charge in [-0.25, -0.2) is 4.79 Å². The second-order valence-corrected chi connectivity index (χ2v) is 17.6. The predicted molar refractivity (Wildman–Crippen MR) is 237 cm³/mol. The maximum absolute atomic E-state index is 11.7. The smallest absolute Gasteiger partial charge is 0.407 e. The molecule has 0 aromatic heterocycles. The topological polar surface area (TPSA) is 189 Å². The highest BCUT2D eigenvalue weighted by Gasteiger charge is 2.47. The first-order chi connectivity index (χ1) is 26.1. The van der Waals surface area contributed by atoms with Gasteiger partial charge in [0.05, 0.1) is 0 Å². The molecule has 2 rings (SSSR count). The van der Waals surface area contributed by atoms with Crippen LogP contribution in [0.2, 0.25) is 0 Å². The normalized spacial score (nSPS) is 21.9. The number of hydrogen-bond donors (Lipinski definition) is 8. The van der Waals surface area contributed by atoms with Crippen molar-refractivity contribution in [3.63, 3.8) is 0 Å². The highest BCUT2D eigenvalue weighted by molar-refractivity contribution is 5.67. The minimum Gasteiger partial charge on any atom is -0.444 e. The van der Waals surface area contributed by atoms with Crippen LogP contribution in [0.4, 0.5) is 4.79 Å². The van der Waals surface area contributed by atoms with Crippen molar-refractivity contribution in [2.45, 2.75) is 190 Å². The fourth-order valence-electron chi connectivity index (χ4n) is 8.37. The van der Waals surface area contributed by atoms with E-state index in [4.69, 9.17) is 37.3 Å². The Kier molecular flexibility index (Phi) is 39.5. The van der Waals surface area contributed by atoms with E-state index in [1.165, 1.54) is 83.5 Å². The molecule has 0 spiro atoms. The van der Waals surface area contributed by atoms with E-state index < -0.39 is 5.60 Å². The van der Waals surface area contributed by atoms with Gasteiger partial charge in [-0.05, 0) is 171 Å². The van der Waals surface area contributed by atoms with E-state index >= 15 is 0 Å². The van der Waals surface area contributed by atoms with Crippen LogP contribution >= 0.6 is 0 Å². The molecule has 11 N–H and O–H groups in total. The van der Waals surface area contributed by atoms with Crippen molar-refractivity contribution in [1.29, 1.82) is 0 Å². The fraction of sp³-hybridized carbons (Fsp3) is 0.978. The summed E-state index contributed by atoms with van der Waals surface area (Å²) in [6.07, 6.45) is 22.4. The summed E-state index contributed by atoms with van der Waals surface area (Å²) in [6.45, 7) is 27.7. The van der Waals surface area contributed by atoms with Crippen molar-refractivity contribution in [2.75, 3.05) is 59.1 Å². The highest BCUT2D eigenvalue weighted by atomic mass is 16.6. The van der Waals surface area contributed by atoms with Gasteiger partial charge in [0.2, 0.25) is 0 Å². The first-order valence-corrected chi connectivity index (χ1v) is 22.7. The average molecular weight is 790 g/mol. The molecule has 1 amide bonds. The number of hydrogen-bond acceptors (Lipinski definition) is 9. The SMILES string of the molecule is CC.CCC[C@]1(C)C(CCCCNCCCCNC(=O)OC(C)(C)C)CCC1C(C)CCC1CCCCC1(C)C.NCCCO.NCCCO.NCCCO. The number of aliphatic hydroxyl groups is 3. The summed E-state index contributed by atoms with van der Waals surface area (Å²) in [5.74, 6) is 3.66. The predicted octanol–water partition coefficient (Wildman–Crippen LogP) is 8.53. The number of nitrogens with one attached hydrogen (secondary N) is 2. The third kappa shape index (κ3) is 30.7. The average Bonchev–Trinajstić information content (AvgIpc) is 3.45. The molecular weight excluding hydrogens is 691 g/mol. The Bertz CT molecular complexity index is 808. The summed E-state index contributed by atoms with van der Waals surface area (Å²) >= 11 is 0. The van der Waals surface area contributed by atoms with Gasteiger partial charge < -0.3 is 47.9 Å². The van der Waals surface area contributed by atoms with E-state index in [2.05, 4.69) is 45.3 Å². The molecule has 0 aromatic carbocycles. The van der Waals surface area contributed by atoms with E-state index in [1.807, 2.05) is 34.6 Å². The number of carbonyl (C=O) groups excluding carboxylic acids is 1. The Morgan fingerprint density at radius 1 is 0.764 bits per heavy atom. The van der Waals surface area contributed by atoms with E-state index in [0.29, 0.717) is 37.0 Å². The summed E-state index contributed by atoms with van der Waals surface area (Å²) in [5.41, 5.74) is 15.6. The number of aliphatic hydroxyl groups excluding tert-OH is 3. The quantitative estimate of drug-likeness (QED) is 0.0497. The lowest BCUT2D eigenvalue weighted by molar-refractivity contribution is 0.0527. The number of unbranched alkanes of at least 4 members (excludes halogenated alkanes) is 2. The molecule has 2 aliphatic carbocycles. The molecule has 0 heterocycles. The zero-order valence-electron chi connectivity index (χ0n) is 38.3. The largest absolute Gasteiger partial charge is 0.444 e. The number of rotatable bonds is 22. The lowest BCUT2D eigenvalue weighted by Crippen LogP contribution is -2.33. The van der Waals surface area contributed by atoms with Crippen LogP contribution in [0.25, 0.3) is 0 Å². The minimum atomic E-state index is -0.427. The number of nitrogens with two attached hydrogens (primary N) is 3. The second-order valence-electron chi connectivity index (χ2n) is 17.6. The van der Waals surface area contributed by atoms with E-state index in [1.54, 1.807) is 0 Å². The van der Waals surface area contributed by atoms with E-state index in [-0.39, 0.29) is 25.9 Å². The lowest BCUT2D eigenvalue weighted by atomic mass is 9.63. The number of carbonyl (C=O) groups is 1. The summed E-state index contributed by atoms with van der Waals surface area (Å²) < 4.78 is 5.28. The maximum Gasteiger partial charge on any atom is 0.407 e. The molecule has 2 aliphatic rings. The van der Waals surface area contributed by atoms with Crippen molar-refractivity contribution in [3.05, 3.63) is 0 Å². The van der Waals surface area contributed by atoms with Gasteiger partial charge in [-0.15, -0.1) is 0 Å². The first kappa shape index (κ1) is 58.3. The van der Waals surface area contributed by atoms with Crippen LogP contribution in [0, 0.1) is 34.5 Å². The number of amides is 1. The molecule has 5 atom stereocenters. The van der Waals surface area contributed by atoms with Crippen molar-refractivity contribution in [1.82, 2.24) is 10.6 Å². The Balaban J connectivity index is -0.00000133. The van der Waals surface area contributed by atoms with Crippen molar-refractivity contribution >= 4 is 6.09 Å². The Hall–Kier alpha value is -1.01. The van der Waals surface area contributed by atoms with Gasteiger partial charge in [0.25, 0.3) is 0 Å². The molecule has 10 heteroatoms. The van der Waals surface area contributed by atoms with Gasteiger partial charge in [-0.1, -0.05) is 80.6 Å². The van der Waals surface area contributed by atoms with Crippen LogP contribution in [-0.2, 0) is 4.74 Å². The van der Waals surface area contributed by atoms with Crippen molar-refractivity contribution in [2.24, 2.45) is 51.7 Å². The van der Waals surface area contributed by atoms with E-state index in [0.717, 1.165) is 68.9 Å². The molecule has 2 saturated carbocycles.